The highest BCUT2D eigenvalue weighted by Crippen LogP contribution is 2.45. The van der Waals surface area contributed by atoms with Crippen LogP contribution in [-0.2, 0) is 22.7 Å². The molecule has 0 N–H and O–H groups in total. The SMILES string of the molecule is COc1ccc(CN2C(=O)/C(=C3\C(=O)N(Cc4ccc(Cl)cc4)c4ccccc43)SC2=S)cc1. The normalized spacial score (nSPS) is 17.5. The highest BCUT2D eigenvalue weighted by molar-refractivity contribution is 8.26. The lowest BCUT2D eigenvalue weighted by molar-refractivity contribution is -0.122. The molecule has 0 aromatic heterocycles. The quantitative estimate of drug-likeness (QED) is 0.330. The molecule has 5 nitrogen and oxygen atoms in total. The third-order valence-corrected chi connectivity index (χ3v) is 7.45. The lowest BCUT2D eigenvalue weighted by atomic mass is 10.1. The van der Waals surface area contributed by atoms with E-state index in [0.29, 0.717) is 32.9 Å². The Morgan fingerprint density at radius 3 is 2.15 bits per heavy atom. The molecule has 0 radical (unpaired) electrons. The van der Waals surface area contributed by atoms with Crippen LogP contribution in [0.5, 0.6) is 5.75 Å². The molecular weight excluding hydrogens is 488 g/mol. The molecule has 0 spiro atoms. The van der Waals surface area contributed by atoms with Crippen LogP contribution in [0.25, 0.3) is 5.57 Å². The van der Waals surface area contributed by atoms with Gasteiger partial charge in [0, 0.05) is 10.6 Å². The van der Waals surface area contributed by atoms with Gasteiger partial charge in [0.25, 0.3) is 11.8 Å². The number of amides is 2. The molecule has 0 atom stereocenters. The molecule has 8 heteroatoms. The summed E-state index contributed by atoms with van der Waals surface area (Å²) < 4.78 is 5.64. The average Bonchev–Trinajstić information content (AvgIpc) is 3.28. The first-order valence-electron chi connectivity index (χ1n) is 10.5. The number of carbonyl (C=O) groups excluding carboxylic acids is 2. The van der Waals surface area contributed by atoms with Crippen molar-refractivity contribution in [3.63, 3.8) is 0 Å². The molecule has 2 aliphatic heterocycles. The van der Waals surface area contributed by atoms with E-state index in [1.165, 1.54) is 11.8 Å². The van der Waals surface area contributed by atoms with Crippen molar-refractivity contribution < 1.29 is 14.3 Å². The summed E-state index contributed by atoms with van der Waals surface area (Å²) in [7, 11) is 1.61. The number of thioether (sulfide) groups is 1. The van der Waals surface area contributed by atoms with Gasteiger partial charge >= 0.3 is 0 Å². The zero-order chi connectivity index (χ0) is 23.8. The van der Waals surface area contributed by atoms with E-state index in [0.717, 1.165) is 28.1 Å². The van der Waals surface area contributed by atoms with Crippen molar-refractivity contribution in [3.05, 3.63) is 99.4 Å². The van der Waals surface area contributed by atoms with Gasteiger partial charge in [0.2, 0.25) is 0 Å². The molecule has 3 aromatic carbocycles. The van der Waals surface area contributed by atoms with Crippen LogP contribution in [-0.4, -0.2) is 28.1 Å². The molecular formula is C26H19ClN2O3S2. The smallest absolute Gasteiger partial charge is 0.267 e. The van der Waals surface area contributed by atoms with Crippen LogP contribution < -0.4 is 9.64 Å². The number of anilines is 1. The van der Waals surface area contributed by atoms with Gasteiger partial charge in [-0.15, -0.1) is 0 Å². The standard InChI is InChI=1S/C26H19ClN2O3S2/c1-32-19-12-8-17(9-13-19)15-29-25(31)23(34-26(29)33)22-20-4-2-3-5-21(20)28(24(22)30)14-16-6-10-18(27)11-7-16/h2-13H,14-15H2,1H3/b23-22+. The molecule has 170 valence electrons. The first-order chi connectivity index (χ1) is 16.5. The van der Waals surface area contributed by atoms with E-state index >= 15 is 0 Å². The molecule has 1 saturated heterocycles. The van der Waals surface area contributed by atoms with Crippen LogP contribution in [0.4, 0.5) is 5.69 Å². The molecule has 3 aromatic rings. The molecule has 0 bridgehead atoms. The highest BCUT2D eigenvalue weighted by Gasteiger charge is 2.41. The summed E-state index contributed by atoms with van der Waals surface area (Å²) >= 11 is 12.7. The Kier molecular flexibility index (Phi) is 6.16. The van der Waals surface area contributed by atoms with Gasteiger partial charge in [-0.2, -0.15) is 0 Å². The third kappa shape index (κ3) is 4.11. The van der Waals surface area contributed by atoms with Crippen LogP contribution in [0.3, 0.4) is 0 Å². The van der Waals surface area contributed by atoms with Gasteiger partial charge in [-0.05, 0) is 41.5 Å². The largest absolute Gasteiger partial charge is 0.497 e. The number of ether oxygens (including phenoxy) is 1. The Bertz CT molecular complexity index is 1340. The second-order valence-corrected chi connectivity index (χ2v) is 9.93. The first kappa shape index (κ1) is 22.7. The number of hydrogen-bond donors (Lipinski definition) is 0. The summed E-state index contributed by atoms with van der Waals surface area (Å²) in [6, 6.07) is 22.4. The molecule has 2 amide bonds. The van der Waals surface area contributed by atoms with Gasteiger partial charge < -0.3 is 9.64 Å². The predicted octanol–water partition coefficient (Wildman–Crippen LogP) is 5.67. The first-order valence-corrected chi connectivity index (χ1v) is 12.1. The number of methoxy groups -OCH3 is 1. The summed E-state index contributed by atoms with van der Waals surface area (Å²) in [5, 5.41) is 0.637. The Balaban J connectivity index is 1.47. The van der Waals surface area contributed by atoms with E-state index in [2.05, 4.69) is 0 Å². The Hall–Kier alpha value is -3.13. The van der Waals surface area contributed by atoms with Crippen molar-refractivity contribution >= 4 is 63.0 Å². The van der Waals surface area contributed by atoms with Gasteiger partial charge in [-0.3, -0.25) is 14.5 Å². The number of carbonyl (C=O) groups is 2. The summed E-state index contributed by atoms with van der Waals surface area (Å²) in [5.74, 6) is 0.281. The Morgan fingerprint density at radius 2 is 1.47 bits per heavy atom. The fraction of sp³-hybridized carbons (Fsp3) is 0.115. The molecule has 34 heavy (non-hydrogen) atoms. The van der Waals surface area contributed by atoms with Crippen LogP contribution in [0.15, 0.2) is 77.7 Å². The minimum atomic E-state index is -0.252. The van der Waals surface area contributed by atoms with Crippen LogP contribution in [0.2, 0.25) is 5.02 Å². The number of fused-ring (bicyclic) bond motifs is 1. The molecule has 5 rings (SSSR count). The summed E-state index contributed by atoms with van der Waals surface area (Å²) in [5.41, 5.74) is 3.79. The molecule has 1 fully saturated rings. The minimum absolute atomic E-state index is 0.207. The monoisotopic (exact) mass is 506 g/mol. The molecule has 2 heterocycles. The van der Waals surface area contributed by atoms with Crippen molar-refractivity contribution in [3.8, 4) is 5.75 Å². The van der Waals surface area contributed by atoms with Crippen molar-refractivity contribution in [1.29, 1.82) is 0 Å². The van der Waals surface area contributed by atoms with Crippen LogP contribution in [0.1, 0.15) is 16.7 Å². The Labute approximate surface area is 212 Å². The van der Waals surface area contributed by atoms with E-state index in [1.807, 2.05) is 60.7 Å². The average molecular weight is 507 g/mol. The lowest BCUT2D eigenvalue weighted by Crippen LogP contribution is -2.29. The van der Waals surface area contributed by atoms with E-state index in [9.17, 15) is 9.59 Å². The second-order valence-electron chi connectivity index (χ2n) is 7.85. The highest BCUT2D eigenvalue weighted by atomic mass is 35.5. The van der Waals surface area contributed by atoms with Gasteiger partial charge in [-0.1, -0.05) is 78.0 Å². The fourth-order valence-corrected chi connectivity index (χ4v) is 5.48. The zero-order valence-corrected chi connectivity index (χ0v) is 20.5. The molecule has 2 aliphatic rings. The number of rotatable bonds is 5. The predicted molar refractivity (Wildman–Crippen MR) is 140 cm³/mol. The molecule has 0 saturated carbocycles. The van der Waals surface area contributed by atoms with Gasteiger partial charge in [0.15, 0.2) is 0 Å². The molecule has 0 unspecified atom stereocenters. The van der Waals surface area contributed by atoms with Gasteiger partial charge in [-0.25, -0.2) is 0 Å². The van der Waals surface area contributed by atoms with E-state index < -0.39 is 0 Å². The number of hydrogen-bond acceptors (Lipinski definition) is 5. The number of para-hydroxylation sites is 1. The van der Waals surface area contributed by atoms with Crippen molar-refractivity contribution in [1.82, 2.24) is 4.90 Å². The second kappa shape index (κ2) is 9.25. The number of nitrogens with zero attached hydrogens (tertiary/aromatic N) is 2. The maximum Gasteiger partial charge on any atom is 0.267 e. The topological polar surface area (TPSA) is 49.9 Å². The number of benzene rings is 3. The van der Waals surface area contributed by atoms with Gasteiger partial charge in [0.1, 0.15) is 10.1 Å². The molecule has 0 aliphatic carbocycles. The van der Waals surface area contributed by atoms with E-state index in [1.54, 1.807) is 29.0 Å². The van der Waals surface area contributed by atoms with Gasteiger partial charge in [0.05, 0.1) is 36.4 Å². The number of halogens is 1. The van der Waals surface area contributed by atoms with E-state index in [4.69, 9.17) is 28.6 Å². The summed E-state index contributed by atoms with van der Waals surface area (Å²) in [6.45, 7) is 0.707. The fourth-order valence-electron chi connectivity index (χ4n) is 4.03. The van der Waals surface area contributed by atoms with E-state index in [-0.39, 0.29) is 11.8 Å². The Morgan fingerprint density at radius 1 is 0.853 bits per heavy atom. The summed E-state index contributed by atoms with van der Waals surface area (Å²) in [6.07, 6.45) is 0. The maximum atomic E-state index is 13.6. The van der Waals surface area contributed by atoms with Crippen LogP contribution in [0, 0.1) is 0 Å². The summed E-state index contributed by atoms with van der Waals surface area (Å²) in [4.78, 5) is 30.7. The van der Waals surface area contributed by atoms with Crippen molar-refractivity contribution in [2.45, 2.75) is 13.1 Å². The number of thiocarbonyl (C=S) groups is 1. The van der Waals surface area contributed by atoms with Crippen molar-refractivity contribution in [2.75, 3.05) is 12.0 Å². The van der Waals surface area contributed by atoms with Crippen molar-refractivity contribution in [2.24, 2.45) is 0 Å². The van der Waals surface area contributed by atoms with Crippen LogP contribution >= 0.6 is 35.6 Å². The lowest BCUT2D eigenvalue weighted by Gasteiger charge is -2.17. The third-order valence-electron chi connectivity index (χ3n) is 5.75. The maximum absolute atomic E-state index is 13.6. The minimum Gasteiger partial charge on any atom is -0.497 e. The zero-order valence-electron chi connectivity index (χ0n) is 18.2.